The Morgan fingerprint density at radius 3 is 2.61 bits per heavy atom. The first-order valence-electron chi connectivity index (χ1n) is 7.37. The Hall–Kier alpha value is -2.34. The van der Waals surface area contributed by atoms with Crippen LogP contribution in [0.1, 0.15) is 32.6 Å². The third-order valence-electron chi connectivity index (χ3n) is 3.30. The van der Waals surface area contributed by atoms with E-state index in [4.69, 9.17) is 4.74 Å². The second kappa shape index (κ2) is 7.78. The number of hydrogen-bond acceptors (Lipinski definition) is 4. The van der Waals surface area contributed by atoms with E-state index in [-0.39, 0.29) is 12.5 Å². The lowest BCUT2D eigenvalue weighted by atomic mass is 10.2. The topological polar surface area (TPSA) is 67.4 Å². The zero-order chi connectivity index (χ0) is 16.8. The van der Waals surface area contributed by atoms with Crippen LogP contribution >= 0.6 is 11.3 Å². The molecule has 0 aliphatic rings. The fourth-order valence-electron chi connectivity index (χ4n) is 2.06. The number of hydrazine groups is 1. The highest BCUT2D eigenvalue weighted by Gasteiger charge is 2.12. The van der Waals surface area contributed by atoms with Gasteiger partial charge in [0, 0.05) is 4.88 Å². The number of hydrogen-bond donors (Lipinski definition) is 2. The summed E-state index contributed by atoms with van der Waals surface area (Å²) in [5, 5.41) is 0. The van der Waals surface area contributed by atoms with Crippen molar-refractivity contribution in [1.82, 2.24) is 10.9 Å². The van der Waals surface area contributed by atoms with Gasteiger partial charge in [-0.15, -0.1) is 11.3 Å². The summed E-state index contributed by atoms with van der Waals surface area (Å²) in [4.78, 5) is 25.4. The van der Waals surface area contributed by atoms with Crippen molar-refractivity contribution in [1.29, 1.82) is 0 Å². The van der Waals surface area contributed by atoms with E-state index >= 15 is 0 Å². The molecule has 0 unspecified atom stereocenters. The maximum absolute atomic E-state index is 12.0. The van der Waals surface area contributed by atoms with Crippen molar-refractivity contribution in [3.05, 3.63) is 51.2 Å². The highest BCUT2D eigenvalue weighted by Crippen LogP contribution is 2.21. The van der Waals surface area contributed by atoms with Gasteiger partial charge in [0.15, 0.2) is 6.61 Å². The lowest BCUT2D eigenvalue weighted by molar-refractivity contribution is -0.123. The van der Waals surface area contributed by atoms with Crippen LogP contribution in [0.25, 0.3) is 0 Å². The molecular weight excluding hydrogens is 312 g/mol. The molecule has 0 saturated carbocycles. The summed E-state index contributed by atoms with van der Waals surface area (Å²) in [6, 6.07) is 9.27. The summed E-state index contributed by atoms with van der Waals surface area (Å²) in [5.74, 6) is -0.112. The molecule has 0 saturated heterocycles. The molecule has 0 spiro atoms. The average Bonchev–Trinajstić information content (AvgIpc) is 2.91. The molecule has 0 radical (unpaired) electrons. The van der Waals surface area contributed by atoms with Crippen LogP contribution in [0.15, 0.2) is 30.3 Å². The molecule has 5 nitrogen and oxygen atoms in total. The molecule has 2 rings (SSSR count). The van der Waals surface area contributed by atoms with Crippen LogP contribution in [-0.4, -0.2) is 18.4 Å². The molecule has 23 heavy (non-hydrogen) atoms. The zero-order valence-electron chi connectivity index (χ0n) is 13.4. The first kappa shape index (κ1) is 17.0. The van der Waals surface area contributed by atoms with Crippen molar-refractivity contribution in [2.24, 2.45) is 0 Å². The number of thiophene rings is 1. The highest BCUT2D eigenvalue weighted by atomic mass is 32.1. The minimum absolute atomic E-state index is 0.159. The van der Waals surface area contributed by atoms with Crippen molar-refractivity contribution in [2.75, 3.05) is 6.61 Å². The Kier molecular flexibility index (Phi) is 5.76. The van der Waals surface area contributed by atoms with E-state index in [2.05, 4.69) is 10.9 Å². The molecule has 6 heteroatoms. The molecule has 2 amide bonds. The molecule has 2 N–H and O–H groups in total. The van der Waals surface area contributed by atoms with Crippen molar-refractivity contribution < 1.29 is 14.3 Å². The van der Waals surface area contributed by atoms with Crippen LogP contribution in [0.2, 0.25) is 0 Å². The number of ether oxygens (including phenoxy) is 1. The predicted octanol–water partition coefficient (Wildman–Crippen LogP) is 2.77. The van der Waals surface area contributed by atoms with Gasteiger partial charge in [-0.1, -0.05) is 19.1 Å². The summed E-state index contributed by atoms with van der Waals surface area (Å²) in [6.07, 6.45) is 0.881. The maximum Gasteiger partial charge on any atom is 0.279 e. The SMILES string of the molecule is CCc1cc(C(=O)NNC(=O)COc2cccc(C)c2)sc1C. The number of carbonyl (C=O) groups excluding carboxylic acids is 2. The van der Waals surface area contributed by atoms with Crippen LogP contribution in [0, 0.1) is 13.8 Å². The molecule has 1 heterocycles. The van der Waals surface area contributed by atoms with E-state index < -0.39 is 5.91 Å². The van der Waals surface area contributed by atoms with Crippen LogP contribution in [0.3, 0.4) is 0 Å². The van der Waals surface area contributed by atoms with Gasteiger partial charge < -0.3 is 4.74 Å². The predicted molar refractivity (Wildman–Crippen MR) is 90.7 cm³/mol. The molecule has 2 aromatic rings. The van der Waals surface area contributed by atoms with E-state index in [0.717, 1.165) is 22.4 Å². The molecule has 0 aliphatic heterocycles. The van der Waals surface area contributed by atoms with Gasteiger partial charge in [0.2, 0.25) is 0 Å². The Balaban J connectivity index is 1.80. The summed E-state index contributed by atoms with van der Waals surface area (Å²) < 4.78 is 5.37. The maximum atomic E-state index is 12.0. The molecule has 1 aromatic heterocycles. The Bertz CT molecular complexity index is 710. The summed E-state index contributed by atoms with van der Waals surface area (Å²) >= 11 is 1.42. The van der Waals surface area contributed by atoms with Crippen LogP contribution < -0.4 is 15.6 Å². The summed E-state index contributed by atoms with van der Waals surface area (Å²) in [7, 11) is 0. The van der Waals surface area contributed by atoms with Crippen LogP contribution in [0.4, 0.5) is 0 Å². The van der Waals surface area contributed by atoms with Gasteiger partial charge in [-0.25, -0.2) is 0 Å². The number of nitrogens with one attached hydrogen (secondary N) is 2. The van der Waals surface area contributed by atoms with Crippen molar-refractivity contribution >= 4 is 23.2 Å². The second-order valence-electron chi connectivity index (χ2n) is 5.15. The first-order valence-corrected chi connectivity index (χ1v) is 8.19. The lowest BCUT2D eigenvalue weighted by Gasteiger charge is -2.08. The average molecular weight is 332 g/mol. The fraction of sp³-hybridized carbons (Fsp3) is 0.294. The van der Waals surface area contributed by atoms with E-state index in [0.29, 0.717) is 10.6 Å². The molecule has 1 aromatic carbocycles. The van der Waals surface area contributed by atoms with Crippen molar-refractivity contribution in [3.63, 3.8) is 0 Å². The van der Waals surface area contributed by atoms with Gasteiger partial charge in [-0.2, -0.15) is 0 Å². The van der Waals surface area contributed by atoms with E-state index in [1.807, 2.05) is 45.0 Å². The summed E-state index contributed by atoms with van der Waals surface area (Å²) in [6.45, 7) is 5.81. The molecule has 0 fully saturated rings. The van der Waals surface area contributed by atoms with Crippen molar-refractivity contribution in [3.8, 4) is 5.75 Å². The first-order chi connectivity index (χ1) is 11.0. The normalized spacial score (nSPS) is 10.2. The van der Waals surface area contributed by atoms with Gasteiger partial charge in [0.25, 0.3) is 11.8 Å². The van der Waals surface area contributed by atoms with E-state index in [9.17, 15) is 9.59 Å². The largest absolute Gasteiger partial charge is 0.484 e. The fourth-order valence-corrected chi connectivity index (χ4v) is 3.07. The van der Waals surface area contributed by atoms with Gasteiger partial charge in [-0.3, -0.25) is 20.4 Å². The molecule has 0 bridgehead atoms. The van der Waals surface area contributed by atoms with Crippen LogP contribution in [-0.2, 0) is 11.2 Å². The number of aryl methyl sites for hydroxylation is 3. The highest BCUT2D eigenvalue weighted by molar-refractivity contribution is 7.14. The number of benzene rings is 1. The molecule has 0 atom stereocenters. The number of amides is 2. The van der Waals surface area contributed by atoms with Gasteiger partial charge >= 0.3 is 0 Å². The third-order valence-corrected chi connectivity index (χ3v) is 4.39. The quantitative estimate of drug-likeness (QED) is 0.827. The Labute approximate surface area is 139 Å². The minimum Gasteiger partial charge on any atom is -0.484 e. The molecular formula is C17H20N2O3S. The third kappa shape index (κ3) is 4.82. The Morgan fingerprint density at radius 2 is 1.96 bits per heavy atom. The summed E-state index contributed by atoms with van der Waals surface area (Å²) in [5.41, 5.74) is 6.96. The molecule has 0 aliphatic carbocycles. The van der Waals surface area contributed by atoms with Crippen molar-refractivity contribution in [2.45, 2.75) is 27.2 Å². The standard InChI is InChI=1S/C17H20N2O3S/c1-4-13-9-15(23-12(13)3)17(21)19-18-16(20)10-22-14-7-5-6-11(2)8-14/h5-9H,4,10H2,1-3H3,(H,18,20)(H,19,21). The number of rotatable bonds is 5. The van der Waals surface area contributed by atoms with E-state index in [1.165, 1.54) is 11.3 Å². The van der Waals surface area contributed by atoms with Gasteiger partial charge in [0.05, 0.1) is 4.88 Å². The second-order valence-corrected chi connectivity index (χ2v) is 6.41. The Morgan fingerprint density at radius 1 is 1.17 bits per heavy atom. The number of carbonyl (C=O) groups is 2. The lowest BCUT2D eigenvalue weighted by Crippen LogP contribution is -2.43. The minimum atomic E-state index is -0.413. The van der Waals surface area contributed by atoms with Gasteiger partial charge in [-0.05, 0) is 49.6 Å². The molecule has 122 valence electrons. The van der Waals surface area contributed by atoms with Crippen LogP contribution in [0.5, 0.6) is 5.75 Å². The van der Waals surface area contributed by atoms with E-state index in [1.54, 1.807) is 6.07 Å². The smallest absolute Gasteiger partial charge is 0.279 e. The monoisotopic (exact) mass is 332 g/mol. The van der Waals surface area contributed by atoms with Gasteiger partial charge in [0.1, 0.15) is 5.75 Å². The zero-order valence-corrected chi connectivity index (χ0v) is 14.3.